The van der Waals surface area contributed by atoms with E-state index in [2.05, 4.69) is 31.1 Å². The van der Waals surface area contributed by atoms with Crippen LogP contribution in [0.1, 0.15) is 67.8 Å². The zero-order valence-electron chi connectivity index (χ0n) is 18.3. The maximum absolute atomic E-state index is 12.1. The smallest absolute Gasteiger partial charge is 0.159 e. The summed E-state index contributed by atoms with van der Waals surface area (Å²) in [5.41, 5.74) is 1.59. The van der Waals surface area contributed by atoms with Gasteiger partial charge in [-0.15, -0.1) is 6.42 Å². The number of terminal acetylenes is 1. The summed E-state index contributed by atoms with van der Waals surface area (Å²) in [4.78, 5) is 23.9. The predicted molar refractivity (Wildman–Crippen MR) is 120 cm³/mol. The molecule has 4 aliphatic carbocycles. The van der Waals surface area contributed by atoms with Gasteiger partial charge in [0, 0.05) is 17.4 Å². The molecule has 4 aliphatic rings. The van der Waals surface area contributed by atoms with Crippen molar-refractivity contribution in [1.29, 1.82) is 0 Å². The molecule has 1 aromatic rings. The van der Waals surface area contributed by atoms with Gasteiger partial charge in [0.15, 0.2) is 11.6 Å². The fourth-order valence-electron chi connectivity index (χ4n) is 7.31. The zero-order valence-corrected chi connectivity index (χ0v) is 18.3. The fraction of sp³-hybridized carbons (Fsp3) is 0.500. The molecule has 1 aromatic carbocycles. The van der Waals surface area contributed by atoms with Crippen LogP contribution in [0.2, 0.25) is 0 Å². The van der Waals surface area contributed by atoms with Crippen molar-refractivity contribution in [3.8, 4) is 12.3 Å². The Morgan fingerprint density at radius 1 is 1.16 bits per heavy atom. The van der Waals surface area contributed by atoms with Gasteiger partial charge in [0.1, 0.15) is 5.60 Å². The van der Waals surface area contributed by atoms with Crippen LogP contribution in [0.3, 0.4) is 0 Å². The van der Waals surface area contributed by atoms with Crippen LogP contribution in [0.25, 0.3) is 0 Å². The van der Waals surface area contributed by atoms with E-state index >= 15 is 0 Å². The Hall–Kier alpha value is -2.44. The summed E-state index contributed by atoms with van der Waals surface area (Å²) in [6.45, 7) is 3.74. The molecule has 0 saturated heterocycles. The first kappa shape index (κ1) is 20.5. The molecule has 3 nitrogen and oxygen atoms in total. The first-order valence-electron chi connectivity index (χ1n) is 11.5. The van der Waals surface area contributed by atoms with Crippen LogP contribution in [0.5, 0.6) is 0 Å². The normalized spacial score (nSPS) is 40.9. The summed E-state index contributed by atoms with van der Waals surface area (Å²) in [6, 6.07) is 8.02. The van der Waals surface area contributed by atoms with Gasteiger partial charge in [-0.1, -0.05) is 48.8 Å². The van der Waals surface area contributed by atoms with Gasteiger partial charge in [0.05, 0.1) is 0 Å². The Bertz CT molecular complexity index is 1040. The van der Waals surface area contributed by atoms with Gasteiger partial charge in [-0.25, -0.2) is 0 Å². The zero-order chi connectivity index (χ0) is 22.0. The molecule has 2 fully saturated rings. The highest BCUT2D eigenvalue weighted by Gasteiger charge is 2.62. The summed E-state index contributed by atoms with van der Waals surface area (Å²) in [5, 5.41) is 11.4. The highest BCUT2D eigenvalue weighted by Crippen LogP contribution is 2.66. The Labute approximate surface area is 184 Å². The summed E-state index contributed by atoms with van der Waals surface area (Å²) in [7, 11) is 0. The van der Waals surface area contributed by atoms with E-state index in [9.17, 15) is 14.7 Å². The second-order valence-corrected chi connectivity index (χ2v) is 10.3. The number of carbonyl (C=O) groups excluding carboxylic acids is 2. The molecule has 5 rings (SSSR count). The molecule has 0 radical (unpaired) electrons. The lowest BCUT2D eigenvalue weighted by molar-refractivity contribution is -0.116. The number of allylic oxidation sites excluding steroid dienone is 3. The third-order valence-corrected chi connectivity index (χ3v) is 8.94. The van der Waals surface area contributed by atoms with E-state index in [0.717, 1.165) is 31.2 Å². The van der Waals surface area contributed by atoms with E-state index < -0.39 is 11.0 Å². The van der Waals surface area contributed by atoms with E-state index in [0.29, 0.717) is 24.2 Å². The summed E-state index contributed by atoms with van der Waals surface area (Å²) in [5.74, 6) is 4.74. The summed E-state index contributed by atoms with van der Waals surface area (Å²) < 4.78 is 0. The minimum Gasteiger partial charge on any atom is -0.373 e. The molecule has 0 aliphatic heterocycles. The van der Waals surface area contributed by atoms with Crippen LogP contribution in [-0.4, -0.2) is 22.3 Å². The van der Waals surface area contributed by atoms with E-state index in [1.165, 1.54) is 11.1 Å². The Kier molecular flexibility index (Phi) is 4.65. The molecular weight excluding hydrogens is 384 g/mol. The minimum absolute atomic E-state index is 0.0653. The first-order chi connectivity index (χ1) is 14.8. The second-order valence-electron chi connectivity index (χ2n) is 10.3. The van der Waals surface area contributed by atoms with Crippen molar-refractivity contribution in [2.24, 2.45) is 29.1 Å². The summed E-state index contributed by atoms with van der Waals surface area (Å²) in [6.07, 6.45) is 16.1. The number of hydrogen-bond donors (Lipinski definition) is 1. The molecule has 0 aromatic heterocycles. The standard InChI is InChI=1S/C28H30O3/c1-4-28(31)14-13-25-23-11-9-20-15-21(30)10-12-22(20)26(23)24(16-27(25,28)3)19-7-5-18(6-8-19)17(2)29/h1,5-8,13-15,22-26,31H,9-12,16H2,2-3H3/t22-,23-,24+,25-,26+,27-,28-/m0/s1. The second kappa shape index (κ2) is 7.04. The summed E-state index contributed by atoms with van der Waals surface area (Å²) >= 11 is 0. The number of ketones is 2. The van der Waals surface area contributed by atoms with Crippen molar-refractivity contribution in [2.45, 2.75) is 57.5 Å². The highest BCUT2D eigenvalue weighted by atomic mass is 16.3. The van der Waals surface area contributed by atoms with Gasteiger partial charge >= 0.3 is 0 Å². The monoisotopic (exact) mass is 414 g/mol. The van der Waals surface area contributed by atoms with Gasteiger partial charge in [-0.05, 0) is 79.9 Å². The molecule has 0 heterocycles. The predicted octanol–water partition coefficient (Wildman–Crippen LogP) is 4.86. The lowest BCUT2D eigenvalue weighted by atomic mass is 9.46. The quantitative estimate of drug-likeness (QED) is 0.427. The van der Waals surface area contributed by atoms with E-state index in [-0.39, 0.29) is 23.4 Å². The first-order valence-corrected chi connectivity index (χ1v) is 11.5. The van der Waals surface area contributed by atoms with Crippen molar-refractivity contribution in [2.75, 3.05) is 0 Å². The fourth-order valence-corrected chi connectivity index (χ4v) is 7.31. The third kappa shape index (κ3) is 2.92. The third-order valence-electron chi connectivity index (χ3n) is 8.94. The van der Waals surface area contributed by atoms with Crippen LogP contribution in [0.15, 0.2) is 48.1 Å². The molecule has 1 N–H and O–H groups in total. The molecule has 31 heavy (non-hydrogen) atoms. The van der Waals surface area contributed by atoms with E-state index in [4.69, 9.17) is 6.42 Å². The topological polar surface area (TPSA) is 54.4 Å². The molecule has 0 spiro atoms. The Morgan fingerprint density at radius 2 is 1.90 bits per heavy atom. The number of rotatable bonds is 2. The number of fused-ring (bicyclic) bond motifs is 5. The molecule has 7 atom stereocenters. The Balaban J connectivity index is 1.61. The van der Waals surface area contributed by atoms with Crippen LogP contribution in [0, 0.1) is 41.4 Å². The van der Waals surface area contributed by atoms with E-state index in [1.54, 1.807) is 6.92 Å². The van der Waals surface area contributed by atoms with Gasteiger partial charge < -0.3 is 5.11 Å². The largest absolute Gasteiger partial charge is 0.373 e. The maximum Gasteiger partial charge on any atom is 0.159 e. The number of carbonyl (C=O) groups is 2. The van der Waals surface area contributed by atoms with E-state index in [1.807, 2.05) is 24.3 Å². The lowest BCUT2D eigenvalue weighted by Crippen LogP contribution is -2.55. The van der Waals surface area contributed by atoms with Crippen LogP contribution in [-0.2, 0) is 4.79 Å². The molecule has 0 amide bonds. The van der Waals surface area contributed by atoms with Crippen molar-refractivity contribution in [3.05, 3.63) is 59.2 Å². The number of Topliss-reactive ketones (excluding diaryl/α,β-unsaturated/α-hetero) is 1. The van der Waals surface area contributed by atoms with Gasteiger partial charge in [0.2, 0.25) is 0 Å². The molecule has 3 heteroatoms. The molecule has 160 valence electrons. The maximum atomic E-state index is 12.1. The van der Waals surface area contributed by atoms with Crippen molar-refractivity contribution in [3.63, 3.8) is 0 Å². The lowest BCUT2D eigenvalue weighted by Gasteiger charge is -2.58. The average Bonchev–Trinajstić information content (AvgIpc) is 3.04. The highest BCUT2D eigenvalue weighted by molar-refractivity contribution is 5.94. The van der Waals surface area contributed by atoms with Crippen LogP contribution in [0.4, 0.5) is 0 Å². The van der Waals surface area contributed by atoms with Crippen LogP contribution >= 0.6 is 0 Å². The molecular formula is C28H30O3. The number of hydrogen-bond acceptors (Lipinski definition) is 3. The van der Waals surface area contributed by atoms with Gasteiger partial charge in [-0.2, -0.15) is 0 Å². The Morgan fingerprint density at radius 3 is 2.58 bits per heavy atom. The minimum atomic E-state index is -1.24. The van der Waals surface area contributed by atoms with Crippen molar-refractivity contribution < 1.29 is 14.7 Å². The van der Waals surface area contributed by atoms with Crippen molar-refractivity contribution >= 4 is 11.6 Å². The average molecular weight is 415 g/mol. The van der Waals surface area contributed by atoms with Gasteiger partial charge in [-0.3, -0.25) is 9.59 Å². The van der Waals surface area contributed by atoms with Gasteiger partial charge in [0.25, 0.3) is 0 Å². The SMILES string of the molecule is C#C[C@]1(O)C=C[C@H]2[C@@H]3CCC4=CC(=O)CC[C@@H]4[C@H]3[C@@H](c3ccc(C(C)=O)cc3)C[C@@]21C. The molecule has 2 saturated carbocycles. The number of benzene rings is 1. The number of aliphatic hydroxyl groups is 1. The molecule has 0 bridgehead atoms. The van der Waals surface area contributed by atoms with Crippen LogP contribution < -0.4 is 0 Å². The van der Waals surface area contributed by atoms with Crippen molar-refractivity contribution in [1.82, 2.24) is 0 Å². The molecule has 0 unspecified atom stereocenters.